The van der Waals surface area contributed by atoms with Crippen LogP contribution in [0.2, 0.25) is 0 Å². The Hall–Kier alpha value is -2.53. The molecule has 1 aliphatic rings. The van der Waals surface area contributed by atoms with Gasteiger partial charge in [-0.25, -0.2) is 8.42 Å². The fraction of sp³-hybridized carbons (Fsp3) is 0.353. The van der Waals surface area contributed by atoms with Gasteiger partial charge in [0, 0.05) is 13.1 Å². The maximum Gasteiger partial charge on any atom is 0.422 e. The second kappa shape index (κ2) is 7.84. The van der Waals surface area contributed by atoms with E-state index in [0.717, 1.165) is 31.0 Å². The van der Waals surface area contributed by atoms with Crippen LogP contribution in [0.5, 0.6) is 5.75 Å². The fourth-order valence-electron chi connectivity index (χ4n) is 2.72. The molecule has 0 unspecified atom stereocenters. The monoisotopic (exact) mass is 418 g/mol. The minimum atomic E-state index is -4.59. The summed E-state index contributed by atoms with van der Waals surface area (Å²) in [5.74, 6) is -1.15. The number of nitrogens with one attached hydrogen (secondary N) is 1. The third-order valence-electron chi connectivity index (χ3n) is 4.04. The Bertz CT molecular complexity index is 936. The summed E-state index contributed by atoms with van der Waals surface area (Å²) in [5, 5.41) is 2.34. The first-order valence-corrected chi connectivity index (χ1v) is 9.79. The van der Waals surface area contributed by atoms with E-state index >= 15 is 0 Å². The molecule has 28 heavy (non-hydrogen) atoms. The molecule has 1 fully saturated rings. The highest BCUT2D eigenvalue weighted by Crippen LogP contribution is 2.32. The van der Waals surface area contributed by atoms with Crippen LogP contribution in [-0.4, -0.2) is 44.5 Å². The number of halogens is 3. The molecule has 7 nitrogen and oxygen atoms in total. The van der Waals surface area contributed by atoms with Crippen LogP contribution < -0.4 is 10.1 Å². The number of ether oxygens (including phenoxy) is 1. The van der Waals surface area contributed by atoms with Crippen molar-refractivity contribution in [1.82, 2.24) is 4.31 Å². The second-order valence-corrected chi connectivity index (χ2v) is 8.04. The molecule has 3 rings (SSSR count). The van der Waals surface area contributed by atoms with Gasteiger partial charge >= 0.3 is 6.18 Å². The minimum absolute atomic E-state index is 0.0884. The maximum absolute atomic E-state index is 12.7. The number of carbonyl (C=O) groups excluding carboxylic acids is 1. The van der Waals surface area contributed by atoms with Gasteiger partial charge in [0.15, 0.2) is 12.4 Å². The number of benzene rings is 1. The van der Waals surface area contributed by atoms with Gasteiger partial charge in [-0.3, -0.25) is 4.79 Å². The predicted octanol–water partition coefficient (Wildman–Crippen LogP) is 3.26. The molecule has 11 heteroatoms. The van der Waals surface area contributed by atoms with Crippen molar-refractivity contribution < 1.29 is 35.5 Å². The largest absolute Gasteiger partial charge is 0.482 e. The highest BCUT2D eigenvalue weighted by Gasteiger charge is 2.31. The molecule has 1 aromatic heterocycles. The topological polar surface area (TPSA) is 88.9 Å². The van der Waals surface area contributed by atoms with Gasteiger partial charge in [0.2, 0.25) is 10.0 Å². The van der Waals surface area contributed by atoms with Crippen molar-refractivity contribution in [2.75, 3.05) is 25.0 Å². The van der Waals surface area contributed by atoms with Crippen molar-refractivity contribution in [2.45, 2.75) is 23.9 Å². The van der Waals surface area contributed by atoms with E-state index in [1.807, 2.05) is 0 Å². The van der Waals surface area contributed by atoms with Crippen LogP contribution in [0.15, 0.2) is 45.9 Å². The summed E-state index contributed by atoms with van der Waals surface area (Å²) in [6.07, 6.45) is -1.88. The molecule has 0 saturated carbocycles. The van der Waals surface area contributed by atoms with Gasteiger partial charge in [-0.05, 0) is 43.2 Å². The van der Waals surface area contributed by atoms with Crippen LogP contribution >= 0.6 is 0 Å². The number of amides is 1. The zero-order valence-electron chi connectivity index (χ0n) is 14.5. The van der Waals surface area contributed by atoms with Crippen molar-refractivity contribution in [3.05, 3.63) is 42.4 Å². The molecule has 1 aromatic carbocycles. The van der Waals surface area contributed by atoms with Crippen molar-refractivity contribution >= 4 is 21.6 Å². The Morgan fingerprint density at radius 2 is 1.93 bits per heavy atom. The van der Waals surface area contributed by atoms with Crippen molar-refractivity contribution in [2.24, 2.45) is 0 Å². The van der Waals surface area contributed by atoms with E-state index in [1.54, 1.807) is 0 Å². The first-order chi connectivity index (χ1) is 13.2. The lowest BCUT2D eigenvalue weighted by atomic mass is 10.2. The van der Waals surface area contributed by atoms with E-state index in [9.17, 15) is 26.4 Å². The molecule has 1 aliphatic heterocycles. The fourth-order valence-corrected chi connectivity index (χ4v) is 4.27. The van der Waals surface area contributed by atoms with Crippen LogP contribution in [0.25, 0.3) is 0 Å². The molecule has 0 bridgehead atoms. The standard InChI is InChI=1S/C17H17F3N2O5S/c18-17(19,20)11-27-14-6-5-12(28(24,25)22-7-1-2-8-22)10-13(14)21-16(23)15-4-3-9-26-15/h3-6,9-10H,1-2,7-8,11H2,(H,21,23). The second-order valence-electron chi connectivity index (χ2n) is 6.10. The Labute approximate surface area is 159 Å². The summed E-state index contributed by atoms with van der Waals surface area (Å²) in [6, 6.07) is 6.15. The molecular formula is C17H17F3N2O5S. The Kier molecular flexibility index (Phi) is 5.66. The van der Waals surface area contributed by atoms with Crippen LogP contribution in [-0.2, 0) is 10.0 Å². The number of hydrogen-bond donors (Lipinski definition) is 1. The van der Waals surface area contributed by atoms with Crippen molar-refractivity contribution in [3.8, 4) is 5.75 Å². The third kappa shape index (κ3) is 4.65. The molecule has 0 aliphatic carbocycles. The molecule has 0 atom stereocenters. The van der Waals surface area contributed by atoms with E-state index in [-0.39, 0.29) is 22.1 Å². The lowest BCUT2D eigenvalue weighted by molar-refractivity contribution is -0.153. The highest BCUT2D eigenvalue weighted by atomic mass is 32.2. The number of rotatable bonds is 6. The minimum Gasteiger partial charge on any atom is -0.482 e. The summed E-state index contributed by atoms with van der Waals surface area (Å²) >= 11 is 0. The van der Waals surface area contributed by atoms with Gasteiger partial charge in [-0.15, -0.1) is 0 Å². The number of carbonyl (C=O) groups is 1. The van der Waals surface area contributed by atoms with Crippen molar-refractivity contribution in [1.29, 1.82) is 0 Å². The third-order valence-corrected chi connectivity index (χ3v) is 5.93. The summed E-state index contributed by atoms with van der Waals surface area (Å²) in [7, 11) is -3.83. The zero-order chi connectivity index (χ0) is 20.4. The number of sulfonamides is 1. The molecular weight excluding hydrogens is 401 g/mol. The number of anilines is 1. The molecule has 2 aromatic rings. The average Bonchev–Trinajstić information content (AvgIpc) is 3.33. The molecule has 1 N–H and O–H groups in total. The first kappa shape index (κ1) is 20.2. The normalized spacial score (nSPS) is 15.5. The van der Waals surface area contributed by atoms with Gasteiger partial charge in [0.05, 0.1) is 16.8 Å². The first-order valence-electron chi connectivity index (χ1n) is 8.35. The van der Waals surface area contributed by atoms with Gasteiger partial charge in [0.1, 0.15) is 5.75 Å². The highest BCUT2D eigenvalue weighted by molar-refractivity contribution is 7.89. The van der Waals surface area contributed by atoms with Gasteiger partial charge in [-0.1, -0.05) is 0 Å². The van der Waals surface area contributed by atoms with E-state index in [2.05, 4.69) is 5.32 Å². The summed E-state index contributed by atoms with van der Waals surface area (Å²) < 4.78 is 73.9. The molecule has 1 amide bonds. The zero-order valence-corrected chi connectivity index (χ0v) is 15.3. The summed E-state index contributed by atoms with van der Waals surface area (Å²) in [5.41, 5.74) is -0.203. The average molecular weight is 418 g/mol. The van der Waals surface area contributed by atoms with Gasteiger partial charge in [-0.2, -0.15) is 17.5 Å². The Balaban J connectivity index is 1.92. The van der Waals surface area contributed by atoms with E-state index < -0.39 is 28.7 Å². The molecule has 0 radical (unpaired) electrons. The van der Waals surface area contributed by atoms with Crippen LogP contribution in [0.3, 0.4) is 0 Å². The molecule has 0 spiro atoms. The van der Waals surface area contributed by atoms with Crippen LogP contribution in [0.1, 0.15) is 23.4 Å². The SMILES string of the molecule is O=C(Nc1cc(S(=O)(=O)N2CCCC2)ccc1OCC(F)(F)F)c1ccco1. The van der Waals surface area contributed by atoms with Crippen LogP contribution in [0.4, 0.5) is 18.9 Å². The molecule has 152 valence electrons. The van der Waals surface area contributed by atoms with Gasteiger partial charge in [0.25, 0.3) is 5.91 Å². The number of furan rings is 1. The number of nitrogens with zero attached hydrogens (tertiary/aromatic N) is 1. The molecule has 2 heterocycles. The number of hydrogen-bond acceptors (Lipinski definition) is 5. The van der Waals surface area contributed by atoms with Crippen molar-refractivity contribution in [3.63, 3.8) is 0 Å². The van der Waals surface area contributed by atoms with E-state index in [1.165, 1.54) is 22.7 Å². The summed E-state index contributed by atoms with van der Waals surface area (Å²) in [4.78, 5) is 12.1. The lowest BCUT2D eigenvalue weighted by Crippen LogP contribution is -2.28. The summed E-state index contributed by atoms with van der Waals surface area (Å²) in [6.45, 7) is -0.861. The smallest absolute Gasteiger partial charge is 0.422 e. The number of alkyl halides is 3. The Morgan fingerprint density at radius 1 is 1.21 bits per heavy atom. The van der Waals surface area contributed by atoms with E-state index in [0.29, 0.717) is 13.1 Å². The quantitative estimate of drug-likeness (QED) is 0.778. The van der Waals surface area contributed by atoms with E-state index in [4.69, 9.17) is 9.15 Å². The lowest BCUT2D eigenvalue weighted by Gasteiger charge is -2.18. The Morgan fingerprint density at radius 3 is 2.54 bits per heavy atom. The maximum atomic E-state index is 12.7. The molecule has 1 saturated heterocycles. The predicted molar refractivity (Wildman–Crippen MR) is 92.6 cm³/mol. The van der Waals surface area contributed by atoms with Crippen LogP contribution in [0, 0.1) is 0 Å². The van der Waals surface area contributed by atoms with Gasteiger partial charge < -0.3 is 14.5 Å².